The van der Waals surface area contributed by atoms with Crippen LogP contribution in [0, 0.1) is 0 Å². The van der Waals surface area contributed by atoms with E-state index < -0.39 is 23.8 Å². The van der Waals surface area contributed by atoms with E-state index in [4.69, 9.17) is 5.11 Å². The van der Waals surface area contributed by atoms with E-state index >= 15 is 0 Å². The molecule has 0 radical (unpaired) electrons. The van der Waals surface area contributed by atoms with Gasteiger partial charge in [-0.05, 0) is 30.7 Å². The topological polar surface area (TPSA) is 116 Å². The third-order valence-electron chi connectivity index (χ3n) is 4.63. The van der Waals surface area contributed by atoms with Crippen molar-refractivity contribution in [1.29, 1.82) is 0 Å². The number of benzene rings is 2. The Kier molecular flexibility index (Phi) is 5.92. The Morgan fingerprint density at radius 2 is 1.83 bits per heavy atom. The van der Waals surface area contributed by atoms with E-state index in [1.807, 2.05) is 30.3 Å². The number of nitrogens with one attached hydrogen (secondary N) is 2. The lowest BCUT2D eigenvalue weighted by atomic mass is 10.0. The van der Waals surface area contributed by atoms with Crippen LogP contribution in [0.15, 0.2) is 48.5 Å². The number of carbonyl (C=O) groups is 4. The average molecular weight is 395 g/mol. The number of fused-ring (bicyclic) bond motifs is 1. The van der Waals surface area contributed by atoms with Gasteiger partial charge in [0, 0.05) is 12.2 Å². The van der Waals surface area contributed by atoms with Gasteiger partial charge in [0.1, 0.15) is 6.04 Å². The van der Waals surface area contributed by atoms with Crippen LogP contribution in [-0.2, 0) is 16.1 Å². The molecule has 3 amide bonds. The van der Waals surface area contributed by atoms with Gasteiger partial charge in [-0.25, -0.2) is 0 Å². The monoisotopic (exact) mass is 395 g/mol. The van der Waals surface area contributed by atoms with Crippen molar-refractivity contribution in [3.05, 3.63) is 65.2 Å². The molecule has 1 aliphatic heterocycles. The molecule has 0 saturated heterocycles. The summed E-state index contributed by atoms with van der Waals surface area (Å²) in [5, 5.41) is 13.6. The summed E-state index contributed by atoms with van der Waals surface area (Å²) in [7, 11) is 0. The van der Waals surface area contributed by atoms with Crippen molar-refractivity contribution in [1.82, 2.24) is 10.6 Å². The number of amides is 3. The van der Waals surface area contributed by atoms with Crippen molar-refractivity contribution in [2.75, 3.05) is 11.4 Å². The number of aliphatic carboxylic acids is 1. The molecular weight excluding hydrogens is 374 g/mol. The number of carbonyl (C=O) groups excluding carboxylic acids is 3. The van der Waals surface area contributed by atoms with Crippen LogP contribution in [0.1, 0.15) is 39.6 Å². The number of anilines is 1. The number of nitrogens with zero attached hydrogens (tertiary/aromatic N) is 1. The van der Waals surface area contributed by atoms with Crippen LogP contribution in [0.5, 0.6) is 0 Å². The van der Waals surface area contributed by atoms with Crippen LogP contribution >= 0.6 is 0 Å². The second-order valence-corrected chi connectivity index (χ2v) is 6.70. The summed E-state index contributed by atoms with van der Waals surface area (Å²) in [6.45, 7) is 1.83. The summed E-state index contributed by atoms with van der Waals surface area (Å²) in [5.74, 6) is -2.32. The molecule has 150 valence electrons. The Balaban J connectivity index is 1.73. The van der Waals surface area contributed by atoms with Crippen LogP contribution in [0.2, 0.25) is 0 Å². The molecule has 0 bridgehead atoms. The van der Waals surface area contributed by atoms with Gasteiger partial charge in [0.05, 0.1) is 24.1 Å². The lowest BCUT2D eigenvalue weighted by Crippen LogP contribution is -2.45. The second-order valence-electron chi connectivity index (χ2n) is 6.70. The number of rotatable bonds is 7. The molecule has 8 nitrogen and oxygen atoms in total. The van der Waals surface area contributed by atoms with Crippen molar-refractivity contribution in [2.24, 2.45) is 0 Å². The number of hydrogen-bond acceptors (Lipinski definition) is 4. The average Bonchev–Trinajstić information content (AvgIpc) is 3.05. The summed E-state index contributed by atoms with van der Waals surface area (Å²) in [6.07, 6.45) is -0.206. The molecule has 0 spiro atoms. The third kappa shape index (κ3) is 4.43. The minimum atomic E-state index is -1.02. The zero-order valence-corrected chi connectivity index (χ0v) is 15.8. The van der Waals surface area contributed by atoms with Crippen LogP contribution in [-0.4, -0.2) is 41.4 Å². The number of para-hydroxylation sites is 1. The molecule has 0 fully saturated rings. The molecule has 29 heavy (non-hydrogen) atoms. The van der Waals surface area contributed by atoms with E-state index in [9.17, 15) is 19.2 Å². The maximum Gasteiger partial charge on any atom is 0.305 e. The first kappa shape index (κ1) is 20.1. The molecule has 8 heteroatoms. The Hall–Kier alpha value is -3.68. The molecule has 1 heterocycles. The summed E-state index contributed by atoms with van der Waals surface area (Å²) < 4.78 is 0. The highest BCUT2D eigenvalue weighted by Gasteiger charge is 2.33. The third-order valence-corrected chi connectivity index (χ3v) is 4.63. The van der Waals surface area contributed by atoms with Gasteiger partial charge in [0.25, 0.3) is 11.8 Å². The van der Waals surface area contributed by atoms with Crippen LogP contribution < -0.4 is 15.5 Å². The standard InChI is InChI=1S/C21H21N3O5/c1-13(19(27)22-11-10-17(25)26)23-20(28)16-9-5-6-14-12-24(21(29)18(14)16)15-7-3-2-4-8-15/h2-9,13H,10-12H2,1H3,(H,22,27)(H,23,28)(H,25,26). The zero-order chi connectivity index (χ0) is 21.0. The maximum atomic E-state index is 13.0. The van der Waals surface area contributed by atoms with Gasteiger partial charge in [0.15, 0.2) is 0 Å². The number of carboxylic acids is 1. The highest BCUT2D eigenvalue weighted by Crippen LogP contribution is 2.30. The normalized spacial score (nSPS) is 13.6. The van der Waals surface area contributed by atoms with E-state index in [0.717, 1.165) is 11.3 Å². The quantitative estimate of drug-likeness (QED) is 0.658. The minimum Gasteiger partial charge on any atom is -0.481 e. The fraction of sp³-hybridized carbons (Fsp3) is 0.238. The Bertz CT molecular complexity index is 958. The highest BCUT2D eigenvalue weighted by molar-refractivity contribution is 6.16. The molecule has 2 aromatic carbocycles. The van der Waals surface area contributed by atoms with Crippen molar-refractivity contribution in [3.63, 3.8) is 0 Å². The Labute approximate surface area is 167 Å². The molecule has 0 aliphatic carbocycles. The van der Waals surface area contributed by atoms with Crippen molar-refractivity contribution < 1.29 is 24.3 Å². The van der Waals surface area contributed by atoms with Gasteiger partial charge < -0.3 is 20.6 Å². The first-order valence-corrected chi connectivity index (χ1v) is 9.17. The van der Waals surface area contributed by atoms with E-state index in [1.165, 1.54) is 6.92 Å². The smallest absolute Gasteiger partial charge is 0.305 e. The summed E-state index contributed by atoms with van der Waals surface area (Å²) in [5.41, 5.74) is 2.01. The Morgan fingerprint density at radius 1 is 1.10 bits per heavy atom. The molecule has 3 rings (SSSR count). The summed E-state index contributed by atoms with van der Waals surface area (Å²) in [6, 6.07) is 13.4. The Morgan fingerprint density at radius 3 is 2.52 bits per heavy atom. The van der Waals surface area contributed by atoms with E-state index in [1.54, 1.807) is 23.1 Å². The fourth-order valence-corrected chi connectivity index (χ4v) is 3.15. The highest BCUT2D eigenvalue weighted by atomic mass is 16.4. The van der Waals surface area contributed by atoms with Crippen molar-refractivity contribution >= 4 is 29.4 Å². The number of carboxylic acid groups (broad SMARTS) is 1. The largest absolute Gasteiger partial charge is 0.481 e. The van der Waals surface area contributed by atoms with E-state index in [-0.39, 0.29) is 24.4 Å². The molecule has 0 saturated carbocycles. The van der Waals surface area contributed by atoms with Crippen LogP contribution in [0.25, 0.3) is 0 Å². The summed E-state index contributed by atoms with van der Waals surface area (Å²) in [4.78, 5) is 49.9. The van der Waals surface area contributed by atoms with Gasteiger partial charge in [-0.3, -0.25) is 19.2 Å². The predicted octanol–water partition coefficient (Wildman–Crippen LogP) is 1.56. The first-order chi connectivity index (χ1) is 13.9. The van der Waals surface area contributed by atoms with Crippen molar-refractivity contribution in [3.8, 4) is 0 Å². The first-order valence-electron chi connectivity index (χ1n) is 9.17. The molecular formula is C21H21N3O5. The van der Waals surface area contributed by atoms with Crippen LogP contribution in [0.4, 0.5) is 5.69 Å². The lowest BCUT2D eigenvalue weighted by molar-refractivity contribution is -0.137. The molecule has 1 unspecified atom stereocenters. The van der Waals surface area contributed by atoms with Gasteiger partial charge in [-0.15, -0.1) is 0 Å². The molecule has 1 atom stereocenters. The van der Waals surface area contributed by atoms with Crippen molar-refractivity contribution in [2.45, 2.75) is 25.9 Å². The van der Waals surface area contributed by atoms with Gasteiger partial charge in [0.2, 0.25) is 5.91 Å². The minimum absolute atomic E-state index is 0.0281. The maximum absolute atomic E-state index is 13.0. The fourth-order valence-electron chi connectivity index (χ4n) is 3.15. The molecule has 0 aromatic heterocycles. The number of hydrogen-bond donors (Lipinski definition) is 3. The van der Waals surface area contributed by atoms with Gasteiger partial charge in [-0.2, -0.15) is 0 Å². The predicted molar refractivity (Wildman–Crippen MR) is 106 cm³/mol. The lowest BCUT2D eigenvalue weighted by Gasteiger charge is -2.16. The zero-order valence-electron chi connectivity index (χ0n) is 15.8. The summed E-state index contributed by atoms with van der Waals surface area (Å²) >= 11 is 0. The van der Waals surface area contributed by atoms with E-state index in [0.29, 0.717) is 12.1 Å². The molecule has 3 N–H and O–H groups in total. The van der Waals surface area contributed by atoms with Crippen LogP contribution in [0.3, 0.4) is 0 Å². The SMILES string of the molecule is CC(NC(=O)c1cccc2c1C(=O)N(c1ccccc1)C2)C(=O)NCCC(=O)O. The van der Waals surface area contributed by atoms with E-state index in [2.05, 4.69) is 10.6 Å². The molecule has 1 aliphatic rings. The van der Waals surface area contributed by atoms with Gasteiger partial charge in [-0.1, -0.05) is 30.3 Å². The molecule has 2 aromatic rings. The second kappa shape index (κ2) is 8.55. The van der Waals surface area contributed by atoms with Gasteiger partial charge >= 0.3 is 5.97 Å².